The number of hydrogen-bond donors (Lipinski definition) is 1. The smallest absolute Gasteiger partial charge is 0.305 e. The van der Waals surface area contributed by atoms with E-state index in [0.29, 0.717) is 52.1 Å². The van der Waals surface area contributed by atoms with E-state index in [0.717, 1.165) is 0 Å². The Morgan fingerprint density at radius 1 is 0.778 bits per heavy atom. The van der Waals surface area contributed by atoms with Crippen LogP contribution >= 0.6 is 11.6 Å². The third-order valence-corrected chi connectivity index (χ3v) is 1.95. The van der Waals surface area contributed by atoms with Crippen molar-refractivity contribution in [3.63, 3.8) is 0 Å². The van der Waals surface area contributed by atoms with E-state index in [9.17, 15) is 4.79 Å². The summed E-state index contributed by atoms with van der Waals surface area (Å²) in [4.78, 5) is 10.2. The van der Waals surface area contributed by atoms with Gasteiger partial charge in [-0.15, -0.1) is 11.6 Å². The summed E-state index contributed by atoms with van der Waals surface area (Å²) in [6, 6.07) is 0. The molecule has 7 heteroatoms. The van der Waals surface area contributed by atoms with Crippen LogP contribution < -0.4 is 0 Å². The van der Waals surface area contributed by atoms with Crippen LogP contribution in [0.2, 0.25) is 0 Å². The van der Waals surface area contributed by atoms with E-state index in [2.05, 4.69) is 0 Å². The first kappa shape index (κ1) is 17.6. The molecule has 108 valence electrons. The van der Waals surface area contributed by atoms with Gasteiger partial charge >= 0.3 is 5.97 Å². The van der Waals surface area contributed by atoms with Gasteiger partial charge in [-0.25, -0.2) is 0 Å². The normalized spacial score (nSPS) is 10.7. The van der Waals surface area contributed by atoms with Crippen LogP contribution in [0.4, 0.5) is 0 Å². The summed E-state index contributed by atoms with van der Waals surface area (Å²) in [5.74, 6) is -0.369. The fraction of sp³-hybridized carbons (Fsp3) is 0.909. The first-order valence-electron chi connectivity index (χ1n) is 5.86. The highest BCUT2D eigenvalue weighted by Gasteiger charge is 1.96. The summed E-state index contributed by atoms with van der Waals surface area (Å²) in [6.07, 6.45) is 0.0193. The van der Waals surface area contributed by atoms with Gasteiger partial charge < -0.3 is 24.1 Å². The highest BCUT2D eigenvalue weighted by atomic mass is 35.5. The van der Waals surface area contributed by atoms with Crippen LogP contribution in [0.25, 0.3) is 0 Å². The van der Waals surface area contributed by atoms with Crippen molar-refractivity contribution in [2.45, 2.75) is 6.42 Å². The zero-order chi connectivity index (χ0) is 13.5. The van der Waals surface area contributed by atoms with Gasteiger partial charge in [0.05, 0.1) is 59.3 Å². The Labute approximate surface area is 112 Å². The molecule has 0 aromatic heterocycles. The van der Waals surface area contributed by atoms with Crippen molar-refractivity contribution in [2.24, 2.45) is 0 Å². The second-order valence-corrected chi connectivity index (χ2v) is 3.66. The van der Waals surface area contributed by atoms with Crippen LogP contribution in [0.15, 0.2) is 0 Å². The van der Waals surface area contributed by atoms with E-state index < -0.39 is 5.97 Å². The van der Waals surface area contributed by atoms with Crippen molar-refractivity contribution >= 4 is 17.6 Å². The predicted molar refractivity (Wildman–Crippen MR) is 66.2 cm³/mol. The van der Waals surface area contributed by atoms with E-state index in [-0.39, 0.29) is 13.0 Å². The third-order valence-electron chi connectivity index (χ3n) is 1.80. The molecule has 18 heavy (non-hydrogen) atoms. The van der Waals surface area contributed by atoms with Gasteiger partial charge in [0, 0.05) is 5.88 Å². The van der Waals surface area contributed by atoms with E-state index in [1.54, 1.807) is 0 Å². The predicted octanol–water partition coefficient (Wildman–Crippen LogP) is 0.766. The van der Waals surface area contributed by atoms with Gasteiger partial charge in [-0.1, -0.05) is 0 Å². The van der Waals surface area contributed by atoms with Crippen molar-refractivity contribution in [2.75, 3.05) is 58.7 Å². The molecule has 1 N–H and O–H groups in total. The lowest BCUT2D eigenvalue weighted by atomic mass is 10.5. The van der Waals surface area contributed by atoms with Crippen molar-refractivity contribution in [3.8, 4) is 0 Å². The van der Waals surface area contributed by atoms with Crippen LogP contribution in [0.3, 0.4) is 0 Å². The molecule has 0 aromatic rings. The van der Waals surface area contributed by atoms with Gasteiger partial charge in [-0.05, 0) is 0 Å². The minimum atomic E-state index is -0.860. The lowest BCUT2D eigenvalue weighted by Crippen LogP contribution is -2.13. The molecule has 0 unspecified atom stereocenters. The van der Waals surface area contributed by atoms with Crippen molar-refractivity contribution in [3.05, 3.63) is 0 Å². The molecule has 0 radical (unpaired) electrons. The van der Waals surface area contributed by atoms with Crippen LogP contribution in [0, 0.1) is 0 Å². The Balaban J connectivity index is 2.92. The number of ether oxygens (including phenoxy) is 4. The van der Waals surface area contributed by atoms with Crippen molar-refractivity contribution < 1.29 is 28.8 Å². The first-order chi connectivity index (χ1) is 8.77. The van der Waals surface area contributed by atoms with Gasteiger partial charge in [-0.3, -0.25) is 4.79 Å². The fourth-order valence-electron chi connectivity index (χ4n) is 0.976. The maximum atomic E-state index is 10.2. The van der Waals surface area contributed by atoms with Crippen LogP contribution in [0.5, 0.6) is 0 Å². The molecule has 0 saturated heterocycles. The summed E-state index contributed by atoms with van der Waals surface area (Å²) in [7, 11) is 0. The number of aliphatic carboxylic acids is 1. The summed E-state index contributed by atoms with van der Waals surface area (Å²) in [5, 5.41) is 8.35. The van der Waals surface area contributed by atoms with Crippen LogP contribution in [-0.2, 0) is 23.7 Å². The SMILES string of the molecule is O=C(O)CCOCCOCCOCCOCCCl. The molecule has 0 bridgehead atoms. The molecule has 0 saturated carbocycles. The molecule has 0 heterocycles. The molecule has 0 aliphatic carbocycles. The Morgan fingerprint density at radius 3 is 1.56 bits per heavy atom. The average molecular weight is 285 g/mol. The quantitative estimate of drug-likeness (QED) is 0.375. The fourth-order valence-corrected chi connectivity index (χ4v) is 1.08. The second-order valence-electron chi connectivity index (χ2n) is 3.28. The minimum absolute atomic E-state index is 0.0193. The number of carboxylic acid groups (broad SMARTS) is 1. The highest BCUT2D eigenvalue weighted by molar-refractivity contribution is 6.17. The van der Waals surface area contributed by atoms with Gasteiger partial charge in [0.2, 0.25) is 0 Å². The summed E-state index contributed by atoms with van der Waals surface area (Å²) < 4.78 is 20.6. The molecule has 0 amide bonds. The number of rotatable bonds is 14. The third kappa shape index (κ3) is 15.6. The molecular formula is C11H21ClO6. The molecule has 0 aliphatic heterocycles. The van der Waals surface area contributed by atoms with E-state index in [1.807, 2.05) is 0 Å². The number of halogens is 1. The zero-order valence-electron chi connectivity index (χ0n) is 10.4. The zero-order valence-corrected chi connectivity index (χ0v) is 11.2. The van der Waals surface area contributed by atoms with Crippen molar-refractivity contribution in [1.29, 1.82) is 0 Å². The van der Waals surface area contributed by atoms with E-state index in [1.165, 1.54) is 0 Å². The Kier molecular flexibility index (Phi) is 14.3. The van der Waals surface area contributed by atoms with Gasteiger partial charge in [0.15, 0.2) is 0 Å². The van der Waals surface area contributed by atoms with Crippen molar-refractivity contribution in [1.82, 2.24) is 0 Å². The number of carbonyl (C=O) groups is 1. The number of carboxylic acids is 1. The summed E-state index contributed by atoms with van der Waals surface area (Å²) >= 11 is 5.42. The van der Waals surface area contributed by atoms with Gasteiger partial charge in [0.1, 0.15) is 0 Å². The molecule has 0 aromatic carbocycles. The standard InChI is InChI=1S/C11H21ClO6/c12-2-4-16-6-8-18-10-9-17-7-5-15-3-1-11(13)14/h1-10H2,(H,13,14). The lowest BCUT2D eigenvalue weighted by molar-refractivity contribution is -0.138. The molecule has 0 fully saturated rings. The molecule has 0 atom stereocenters. The minimum Gasteiger partial charge on any atom is -0.481 e. The van der Waals surface area contributed by atoms with E-state index >= 15 is 0 Å². The molecular weight excluding hydrogens is 264 g/mol. The molecule has 0 spiro atoms. The second kappa shape index (κ2) is 14.7. The topological polar surface area (TPSA) is 74.2 Å². The largest absolute Gasteiger partial charge is 0.481 e. The Bertz CT molecular complexity index is 190. The number of hydrogen-bond acceptors (Lipinski definition) is 5. The average Bonchev–Trinajstić information content (AvgIpc) is 2.34. The van der Waals surface area contributed by atoms with Crippen LogP contribution in [-0.4, -0.2) is 69.8 Å². The maximum absolute atomic E-state index is 10.2. The number of alkyl halides is 1. The maximum Gasteiger partial charge on any atom is 0.305 e. The van der Waals surface area contributed by atoms with Gasteiger partial charge in [0.25, 0.3) is 0 Å². The van der Waals surface area contributed by atoms with Crippen LogP contribution in [0.1, 0.15) is 6.42 Å². The summed E-state index contributed by atoms with van der Waals surface area (Å²) in [5.41, 5.74) is 0. The van der Waals surface area contributed by atoms with Gasteiger partial charge in [-0.2, -0.15) is 0 Å². The highest BCUT2D eigenvalue weighted by Crippen LogP contribution is 1.85. The molecule has 6 nitrogen and oxygen atoms in total. The molecule has 0 rings (SSSR count). The molecule has 0 aliphatic rings. The monoisotopic (exact) mass is 284 g/mol. The lowest BCUT2D eigenvalue weighted by Gasteiger charge is -2.06. The first-order valence-corrected chi connectivity index (χ1v) is 6.39. The Hall–Kier alpha value is -0.400. The van der Waals surface area contributed by atoms with E-state index in [4.69, 9.17) is 35.7 Å². The summed E-state index contributed by atoms with van der Waals surface area (Å²) in [6.45, 7) is 3.62. The Morgan fingerprint density at radius 2 is 1.17 bits per heavy atom.